The van der Waals surface area contributed by atoms with Crippen molar-refractivity contribution in [3.05, 3.63) is 0 Å². The fourth-order valence-electron chi connectivity index (χ4n) is 1.66. The van der Waals surface area contributed by atoms with Gasteiger partial charge >= 0.3 is 0 Å². The van der Waals surface area contributed by atoms with Crippen LogP contribution < -0.4 is 5.32 Å². The summed E-state index contributed by atoms with van der Waals surface area (Å²) in [6, 6.07) is 0.769. The summed E-state index contributed by atoms with van der Waals surface area (Å²) in [5, 5.41) is 3.36. The molecule has 76 valence electrons. The smallest absolute Gasteiger partial charge is 0.225 e. The molecule has 2 atom stereocenters. The van der Waals surface area contributed by atoms with Gasteiger partial charge in [0.1, 0.15) is 0 Å². The molecule has 1 amide bonds. The SMILES string of the molecule is CC(C)C(=O)N1C[C@H](C)NC[C@H]1C. The van der Waals surface area contributed by atoms with Crippen LogP contribution in [-0.2, 0) is 4.79 Å². The molecule has 1 heterocycles. The van der Waals surface area contributed by atoms with Crippen molar-refractivity contribution in [2.75, 3.05) is 13.1 Å². The molecule has 13 heavy (non-hydrogen) atoms. The number of nitrogens with zero attached hydrogens (tertiary/aromatic N) is 1. The topological polar surface area (TPSA) is 32.3 Å². The third-order valence-electron chi connectivity index (χ3n) is 2.54. The molecule has 1 rings (SSSR count). The van der Waals surface area contributed by atoms with Crippen LogP contribution >= 0.6 is 0 Å². The van der Waals surface area contributed by atoms with E-state index in [1.165, 1.54) is 0 Å². The van der Waals surface area contributed by atoms with Crippen molar-refractivity contribution < 1.29 is 4.79 Å². The average molecular weight is 184 g/mol. The van der Waals surface area contributed by atoms with Crippen LogP contribution in [0, 0.1) is 5.92 Å². The molecule has 1 aliphatic heterocycles. The molecule has 1 N–H and O–H groups in total. The zero-order valence-corrected chi connectivity index (χ0v) is 9.00. The first-order valence-electron chi connectivity index (χ1n) is 5.06. The second-order valence-electron chi connectivity index (χ2n) is 4.30. The molecular formula is C10H20N2O. The van der Waals surface area contributed by atoms with E-state index in [1.54, 1.807) is 0 Å². The van der Waals surface area contributed by atoms with Crippen LogP contribution in [0.3, 0.4) is 0 Å². The number of hydrogen-bond donors (Lipinski definition) is 1. The minimum Gasteiger partial charge on any atom is -0.337 e. The van der Waals surface area contributed by atoms with E-state index >= 15 is 0 Å². The molecule has 0 aromatic heterocycles. The van der Waals surface area contributed by atoms with E-state index in [9.17, 15) is 4.79 Å². The molecule has 1 saturated heterocycles. The van der Waals surface area contributed by atoms with Gasteiger partial charge in [0, 0.05) is 31.1 Å². The second-order valence-corrected chi connectivity index (χ2v) is 4.30. The summed E-state index contributed by atoms with van der Waals surface area (Å²) in [7, 11) is 0. The van der Waals surface area contributed by atoms with E-state index in [4.69, 9.17) is 0 Å². The van der Waals surface area contributed by atoms with Crippen LogP contribution in [0.2, 0.25) is 0 Å². The molecule has 0 saturated carbocycles. The summed E-state index contributed by atoms with van der Waals surface area (Å²) in [5.41, 5.74) is 0. The Kier molecular flexibility index (Phi) is 3.31. The fraction of sp³-hybridized carbons (Fsp3) is 0.900. The highest BCUT2D eigenvalue weighted by molar-refractivity contribution is 5.78. The predicted molar refractivity (Wildman–Crippen MR) is 53.5 cm³/mol. The Morgan fingerprint density at radius 1 is 1.46 bits per heavy atom. The Labute approximate surface area is 80.5 Å². The number of carbonyl (C=O) groups is 1. The zero-order valence-electron chi connectivity index (χ0n) is 9.00. The van der Waals surface area contributed by atoms with Crippen LogP contribution in [-0.4, -0.2) is 36.0 Å². The van der Waals surface area contributed by atoms with Crippen LogP contribution in [0.15, 0.2) is 0 Å². The van der Waals surface area contributed by atoms with Crippen molar-refractivity contribution in [2.24, 2.45) is 5.92 Å². The maximum absolute atomic E-state index is 11.8. The van der Waals surface area contributed by atoms with Gasteiger partial charge in [-0.15, -0.1) is 0 Å². The summed E-state index contributed by atoms with van der Waals surface area (Å²) >= 11 is 0. The minimum absolute atomic E-state index is 0.118. The Morgan fingerprint density at radius 2 is 2.08 bits per heavy atom. The third-order valence-corrected chi connectivity index (χ3v) is 2.54. The van der Waals surface area contributed by atoms with Crippen LogP contribution in [0.5, 0.6) is 0 Å². The average Bonchev–Trinajstić information content (AvgIpc) is 2.08. The van der Waals surface area contributed by atoms with E-state index in [-0.39, 0.29) is 11.8 Å². The van der Waals surface area contributed by atoms with Crippen molar-refractivity contribution >= 4 is 5.91 Å². The number of hydrogen-bond acceptors (Lipinski definition) is 2. The van der Waals surface area contributed by atoms with E-state index in [2.05, 4.69) is 19.2 Å². The van der Waals surface area contributed by atoms with E-state index in [0.29, 0.717) is 12.1 Å². The monoisotopic (exact) mass is 184 g/mol. The molecule has 0 unspecified atom stereocenters. The summed E-state index contributed by atoms with van der Waals surface area (Å²) in [4.78, 5) is 13.7. The van der Waals surface area contributed by atoms with Gasteiger partial charge in [-0.25, -0.2) is 0 Å². The summed E-state index contributed by atoms with van der Waals surface area (Å²) in [6.07, 6.45) is 0. The molecule has 3 nitrogen and oxygen atoms in total. The second kappa shape index (κ2) is 4.09. The van der Waals surface area contributed by atoms with Crippen molar-refractivity contribution in [2.45, 2.75) is 39.8 Å². The molecule has 0 bridgehead atoms. The number of nitrogens with one attached hydrogen (secondary N) is 1. The zero-order chi connectivity index (χ0) is 10.0. The molecule has 3 heteroatoms. The Bertz CT molecular complexity index is 191. The van der Waals surface area contributed by atoms with Gasteiger partial charge in [0.25, 0.3) is 0 Å². The third kappa shape index (κ3) is 2.44. The molecule has 0 radical (unpaired) electrons. The molecule has 1 aliphatic rings. The maximum atomic E-state index is 11.8. The fourth-order valence-corrected chi connectivity index (χ4v) is 1.66. The highest BCUT2D eigenvalue weighted by Gasteiger charge is 2.27. The standard InChI is InChI=1S/C10H20N2O/c1-7(2)10(13)12-6-8(3)11-5-9(12)4/h7-9,11H,5-6H2,1-4H3/t8-,9+/m0/s1. The van der Waals surface area contributed by atoms with Gasteiger partial charge in [-0.1, -0.05) is 13.8 Å². The highest BCUT2D eigenvalue weighted by Crippen LogP contribution is 2.10. The van der Waals surface area contributed by atoms with E-state index < -0.39 is 0 Å². The van der Waals surface area contributed by atoms with Gasteiger partial charge < -0.3 is 10.2 Å². The Hall–Kier alpha value is -0.570. The van der Waals surface area contributed by atoms with E-state index in [0.717, 1.165) is 13.1 Å². The summed E-state index contributed by atoms with van der Waals surface area (Å²) < 4.78 is 0. The lowest BCUT2D eigenvalue weighted by Gasteiger charge is -2.38. The maximum Gasteiger partial charge on any atom is 0.225 e. The first-order valence-corrected chi connectivity index (χ1v) is 5.06. The van der Waals surface area contributed by atoms with Gasteiger partial charge in [-0.2, -0.15) is 0 Å². The van der Waals surface area contributed by atoms with Gasteiger partial charge in [-0.3, -0.25) is 4.79 Å². The summed E-state index contributed by atoms with van der Waals surface area (Å²) in [5.74, 6) is 0.397. The molecule has 0 aromatic carbocycles. The minimum atomic E-state index is 0.118. The lowest BCUT2D eigenvalue weighted by Crippen LogP contribution is -2.57. The molecule has 0 spiro atoms. The van der Waals surface area contributed by atoms with Crippen molar-refractivity contribution in [3.8, 4) is 0 Å². The first kappa shape index (κ1) is 10.5. The highest BCUT2D eigenvalue weighted by atomic mass is 16.2. The number of carbonyl (C=O) groups excluding carboxylic acids is 1. The normalized spacial score (nSPS) is 29.5. The van der Waals surface area contributed by atoms with Gasteiger partial charge in [0.2, 0.25) is 5.91 Å². The van der Waals surface area contributed by atoms with Crippen molar-refractivity contribution in [1.29, 1.82) is 0 Å². The van der Waals surface area contributed by atoms with Crippen LogP contribution in [0.4, 0.5) is 0 Å². The van der Waals surface area contributed by atoms with Gasteiger partial charge in [0.15, 0.2) is 0 Å². The number of amides is 1. The number of rotatable bonds is 1. The lowest BCUT2D eigenvalue weighted by atomic mass is 10.1. The Balaban J connectivity index is 2.60. The van der Waals surface area contributed by atoms with Gasteiger partial charge in [-0.05, 0) is 13.8 Å². The Morgan fingerprint density at radius 3 is 2.62 bits per heavy atom. The quantitative estimate of drug-likeness (QED) is 0.655. The van der Waals surface area contributed by atoms with E-state index in [1.807, 2.05) is 18.7 Å². The lowest BCUT2D eigenvalue weighted by molar-refractivity contribution is -0.137. The van der Waals surface area contributed by atoms with Gasteiger partial charge in [0.05, 0.1) is 0 Å². The molecular weight excluding hydrogens is 164 g/mol. The number of piperazine rings is 1. The molecule has 1 fully saturated rings. The van der Waals surface area contributed by atoms with Crippen molar-refractivity contribution in [3.63, 3.8) is 0 Å². The largest absolute Gasteiger partial charge is 0.337 e. The van der Waals surface area contributed by atoms with Crippen molar-refractivity contribution in [1.82, 2.24) is 10.2 Å². The molecule has 0 aromatic rings. The summed E-state index contributed by atoms with van der Waals surface area (Å²) in [6.45, 7) is 9.90. The van der Waals surface area contributed by atoms with Crippen LogP contribution in [0.25, 0.3) is 0 Å². The van der Waals surface area contributed by atoms with Crippen LogP contribution in [0.1, 0.15) is 27.7 Å². The molecule has 0 aliphatic carbocycles. The predicted octanol–water partition coefficient (Wildman–Crippen LogP) is 0.851. The first-order chi connectivity index (χ1) is 6.02.